The number of benzene rings is 2. The van der Waals surface area contributed by atoms with E-state index in [0.29, 0.717) is 17.2 Å². The number of ether oxygens (including phenoxy) is 2. The lowest BCUT2D eigenvalue weighted by Crippen LogP contribution is -2.08. The van der Waals surface area contributed by atoms with E-state index >= 15 is 0 Å². The van der Waals surface area contributed by atoms with Gasteiger partial charge in [-0.3, -0.25) is 0 Å². The summed E-state index contributed by atoms with van der Waals surface area (Å²) in [4.78, 5) is 12.5. The van der Waals surface area contributed by atoms with Crippen molar-refractivity contribution >= 4 is 5.97 Å². The molecule has 0 fully saturated rings. The van der Waals surface area contributed by atoms with E-state index in [4.69, 9.17) is 14.0 Å². The third-order valence-electron chi connectivity index (χ3n) is 4.08. The zero-order valence-electron chi connectivity index (χ0n) is 15.1. The van der Waals surface area contributed by atoms with Crippen LogP contribution in [0.2, 0.25) is 0 Å². The highest BCUT2D eigenvalue weighted by Crippen LogP contribution is 2.22. The van der Waals surface area contributed by atoms with Gasteiger partial charge >= 0.3 is 5.97 Å². The molecule has 0 aliphatic rings. The molecule has 0 N–H and O–H groups in total. The van der Waals surface area contributed by atoms with Crippen LogP contribution in [0.3, 0.4) is 0 Å². The standard InChI is InChI=1S/C21H17N3O4/c1-26-19-13-24(17-10-6-3-7-11-17)22-20(19)21(25)27-14-16-12-18(28-23-16)15-8-4-2-5-9-15/h2-13H,14H2,1H3. The molecule has 28 heavy (non-hydrogen) atoms. The summed E-state index contributed by atoms with van der Waals surface area (Å²) in [6.45, 7) is -0.0312. The Morgan fingerprint density at radius 3 is 2.50 bits per heavy atom. The SMILES string of the molecule is COc1cn(-c2ccccc2)nc1C(=O)OCc1cc(-c2ccccc2)on1. The summed E-state index contributed by atoms with van der Waals surface area (Å²) >= 11 is 0. The first-order chi connectivity index (χ1) is 13.7. The average molecular weight is 375 g/mol. The molecule has 4 rings (SSSR count). The van der Waals surface area contributed by atoms with Crippen LogP contribution in [-0.2, 0) is 11.3 Å². The average Bonchev–Trinajstić information content (AvgIpc) is 3.40. The lowest BCUT2D eigenvalue weighted by molar-refractivity contribution is 0.0453. The topological polar surface area (TPSA) is 79.4 Å². The van der Waals surface area contributed by atoms with Crippen molar-refractivity contribution in [2.45, 2.75) is 6.61 Å². The quantitative estimate of drug-likeness (QED) is 0.476. The van der Waals surface area contributed by atoms with Crippen molar-refractivity contribution in [3.8, 4) is 22.8 Å². The second kappa shape index (κ2) is 7.79. The third-order valence-corrected chi connectivity index (χ3v) is 4.08. The number of aromatic nitrogens is 3. The van der Waals surface area contributed by atoms with Crippen molar-refractivity contribution in [3.05, 3.63) is 84.3 Å². The Labute approximate surface area is 161 Å². The lowest BCUT2D eigenvalue weighted by atomic mass is 10.2. The van der Waals surface area contributed by atoms with Gasteiger partial charge in [0.15, 0.2) is 11.5 Å². The highest BCUT2D eigenvalue weighted by Gasteiger charge is 2.20. The van der Waals surface area contributed by atoms with Gasteiger partial charge in [0.1, 0.15) is 12.3 Å². The van der Waals surface area contributed by atoms with Crippen LogP contribution >= 0.6 is 0 Å². The molecule has 4 aromatic rings. The van der Waals surface area contributed by atoms with Gasteiger partial charge in [0, 0.05) is 11.6 Å². The van der Waals surface area contributed by atoms with Gasteiger partial charge in [0.05, 0.1) is 19.0 Å². The van der Waals surface area contributed by atoms with E-state index in [1.807, 2.05) is 60.7 Å². The van der Waals surface area contributed by atoms with Crippen molar-refractivity contribution in [1.82, 2.24) is 14.9 Å². The second-order valence-electron chi connectivity index (χ2n) is 5.95. The van der Waals surface area contributed by atoms with Crippen molar-refractivity contribution in [1.29, 1.82) is 0 Å². The Morgan fingerprint density at radius 1 is 1.07 bits per heavy atom. The summed E-state index contributed by atoms with van der Waals surface area (Å²) in [6, 6.07) is 20.7. The maximum absolute atomic E-state index is 12.5. The Morgan fingerprint density at radius 2 is 1.79 bits per heavy atom. The summed E-state index contributed by atoms with van der Waals surface area (Å²) < 4.78 is 17.5. The van der Waals surface area contributed by atoms with E-state index in [1.54, 1.807) is 16.9 Å². The highest BCUT2D eigenvalue weighted by atomic mass is 16.5. The first-order valence-corrected chi connectivity index (χ1v) is 8.62. The predicted octanol–water partition coefficient (Wildman–Crippen LogP) is 3.89. The van der Waals surface area contributed by atoms with Gasteiger partial charge in [-0.1, -0.05) is 53.7 Å². The van der Waals surface area contributed by atoms with Gasteiger partial charge in [-0.2, -0.15) is 5.10 Å². The number of para-hydroxylation sites is 1. The first kappa shape index (κ1) is 17.5. The van der Waals surface area contributed by atoms with Crippen molar-refractivity contribution < 1.29 is 18.8 Å². The van der Waals surface area contributed by atoms with E-state index in [-0.39, 0.29) is 12.3 Å². The fourth-order valence-corrected chi connectivity index (χ4v) is 2.69. The Bertz CT molecular complexity index is 1070. The molecular weight excluding hydrogens is 358 g/mol. The van der Waals surface area contributed by atoms with Crippen LogP contribution in [0.1, 0.15) is 16.2 Å². The van der Waals surface area contributed by atoms with Crippen LogP contribution in [0.15, 0.2) is 77.4 Å². The minimum absolute atomic E-state index is 0.0312. The van der Waals surface area contributed by atoms with Crippen molar-refractivity contribution in [2.24, 2.45) is 0 Å². The molecule has 0 saturated carbocycles. The third kappa shape index (κ3) is 3.64. The molecule has 0 saturated heterocycles. The van der Waals surface area contributed by atoms with Crippen molar-refractivity contribution in [2.75, 3.05) is 7.11 Å². The van der Waals surface area contributed by atoms with E-state index in [2.05, 4.69) is 10.3 Å². The van der Waals surface area contributed by atoms with E-state index < -0.39 is 5.97 Å². The fraction of sp³-hybridized carbons (Fsp3) is 0.0952. The molecule has 0 amide bonds. The van der Waals surface area contributed by atoms with Crippen LogP contribution in [0.5, 0.6) is 5.75 Å². The van der Waals surface area contributed by atoms with Crippen LogP contribution in [0.4, 0.5) is 0 Å². The molecule has 7 nitrogen and oxygen atoms in total. The molecule has 2 aromatic carbocycles. The Hall–Kier alpha value is -3.87. The summed E-state index contributed by atoms with van der Waals surface area (Å²) in [6.07, 6.45) is 1.63. The number of nitrogens with zero attached hydrogens (tertiary/aromatic N) is 3. The molecule has 0 spiro atoms. The number of carbonyl (C=O) groups is 1. The maximum Gasteiger partial charge on any atom is 0.363 e. The molecular formula is C21H17N3O4. The number of methoxy groups -OCH3 is 1. The fourth-order valence-electron chi connectivity index (χ4n) is 2.69. The zero-order valence-corrected chi connectivity index (χ0v) is 15.1. The van der Waals surface area contributed by atoms with E-state index in [0.717, 1.165) is 11.3 Å². The maximum atomic E-state index is 12.5. The Kier molecular flexibility index (Phi) is 4.88. The molecule has 0 unspecified atom stereocenters. The van der Waals surface area contributed by atoms with Gasteiger partial charge in [0.2, 0.25) is 5.69 Å². The molecule has 2 aromatic heterocycles. The zero-order chi connectivity index (χ0) is 19.3. The van der Waals surface area contributed by atoms with Gasteiger partial charge in [-0.15, -0.1) is 0 Å². The molecule has 0 radical (unpaired) electrons. The van der Waals surface area contributed by atoms with Crippen molar-refractivity contribution in [3.63, 3.8) is 0 Å². The molecule has 140 valence electrons. The number of rotatable bonds is 6. The summed E-state index contributed by atoms with van der Waals surface area (Å²) in [5, 5.41) is 8.23. The summed E-state index contributed by atoms with van der Waals surface area (Å²) in [5.41, 5.74) is 2.31. The number of carbonyl (C=O) groups excluding carboxylic acids is 1. The van der Waals surface area contributed by atoms with Gasteiger partial charge < -0.3 is 14.0 Å². The van der Waals surface area contributed by atoms with Gasteiger partial charge in [-0.05, 0) is 12.1 Å². The normalized spacial score (nSPS) is 10.6. The largest absolute Gasteiger partial charge is 0.493 e. The van der Waals surface area contributed by atoms with E-state index in [1.165, 1.54) is 7.11 Å². The monoisotopic (exact) mass is 375 g/mol. The number of hydrogen-bond acceptors (Lipinski definition) is 6. The minimum atomic E-state index is -0.601. The van der Waals surface area contributed by atoms with Crippen LogP contribution in [0, 0.1) is 0 Å². The minimum Gasteiger partial charge on any atom is -0.493 e. The highest BCUT2D eigenvalue weighted by molar-refractivity contribution is 5.90. The van der Waals surface area contributed by atoms with E-state index in [9.17, 15) is 4.79 Å². The molecule has 0 aliphatic carbocycles. The van der Waals surface area contributed by atoms with Gasteiger partial charge in [0.25, 0.3) is 0 Å². The molecule has 2 heterocycles. The first-order valence-electron chi connectivity index (χ1n) is 8.62. The second-order valence-corrected chi connectivity index (χ2v) is 5.95. The molecule has 7 heteroatoms. The molecule has 0 bridgehead atoms. The lowest BCUT2D eigenvalue weighted by Gasteiger charge is -2.01. The van der Waals surface area contributed by atoms with Crippen LogP contribution < -0.4 is 4.74 Å². The van der Waals surface area contributed by atoms with Crippen LogP contribution in [-0.4, -0.2) is 28.0 Å². The number of hydrogen-bond donors (Lipinski definition) is 0. The number of esters is 1. The summed E-state index contributed by atoms with van der Waals surface area (Å²) in [5.74, 6) is 0.340. The predicted molar refractivity (Wildman–Crippen MR) is 101 cm³/mol. The molecule has 0 atom stereocenters. The Balaban J connectivity index is 1.47. The summed E-state index contributed by atoms with van der Waals surface area (Å²) in [7, 11) is 1.48. The van der Waals surface area contributed by atoms with Crippen LogP contribution in [0.25, 0.3) is 17.0 Å². The van der Waals surface area contributed by atoms with Gasteiger partial charge in [-0.25, -0.2) is 9.48 Å². The smallest absolute Gasteiger partial charge is 0.363 e. The molecule has 0 aliphatic heterocycles.